The first-order valence-electron chi connectivity index (χ1n) is 8.01. The molecule has 1 saturated heterocycles. The lowest BCUT2D eigenvalue weighted by atomic mass is 10.2. The van der Waals surface area contributed by atoms with Crippen LogP contribution in [-0.4, -0.2) is 49.7 Å². The van der Waals surface area contributed by atoms with Crippen LogP contribution in [0, 0.1) is 5.82 Å². The fourth-order valence-electron chi connectivity index (χ4n) is 2.81. The van der Waals surface area contributed by atoms with Crippen molar-refractivity contribution in [1.82, 2.24) is 9.21 Å². The maximum Gasteiger partial charge on any atom is 0.289 e. The van der Waals surface area contributed by atoms with Crippen molar-refractivity contribution >= 4 is 15.9 Å². The lowest BCUT2D eigenvalue weighted by Gasteiger charge is -2.21. The van der Waals surface area contributed by atoms with Crippen molar-refractivity contribution in [1.29, 1.82) is 0 Å². The summed E-state index contributed by atoms with van der Waals surface area (Å²) >= 11 is 0. The Balaban J connectivity index is 1.65. The Morgan fingerprint density at radius 1 is 1.08 bits per heavy atom. The number of benzene rings is 1. The first kappa shape index (κ1) is 17.6. The zero-order valence-electron chi connectivity index (χ0n) is 13.6. The van der Waals surface area contributed by atoms with E-state index in [1.165, 1.54) is 34.8 Å². The molecule has 8 heteroatoms. The van der Waals surface area contributed by atoms with Crippen LogP contribution < -0.4 is 0 Å². The summed E-state index contributed by atoms with van der Waals surface area (Å²) in [6.07, 6.45) is 1.99. The van der Waals surface area contributed by atoms with Gasteiger partial charge in [-0.1, -0.05) is 12.1 Å². The molecular weight excluding hydrogens is 347 g/mol. The van der Waals surface area contributed by atoms with Crippen molar-refractivity contribution in [3.63, 3.8) is 0 Å². The van der Waals surface area contributed by atoms with Crippen molar-refractivity contribution < 1.29 is 22.0 Å². The highest BCUT2D eigenvalue weighted by Gasteiger charge is 2.28. The standard InChI is InChI=1S/C17H19FN2O4S/c18-15-6-4-14(5-7-15)13-25(22,23)20-9-2-8-19(10-11-20)17(21)16-3-1-12-24-16/h1,3-7,12H,2,8-11,13H2. The number of rotatable bonds is 4. The van der Waals surface area contributed by atoms with Crippen molar-refractivity contribution in [2.75, 3.05) is 26.2 Å². The second kappa shape index (κ2) is 7.37. The third-order valence-electron chi connectivity index (χ3n) is 4.13. The van der Waals surface area contributed by atoms with Crippen LogP contribution >= 0.6 is 0 Å². The van der Waals surface area contributed by atoms with Gasteiger partial charge in [0.25, 0.3) is 5.91 Å². The summed E-state index contributed by atoms with van der Waals surface area (Å²) in [5.74, 6) is -0.562. The molecule has 1 aromatic heterocycles. The van der Waals surface area contributed by atoms with Gasteiger partial charge in [0.15, 0.2) is 5.76 Å². The van der Waals surface area contributed by atoms with Gasteiger partial charge >= 0.3 is 0 Å². The Morgan fingerprint density at radius 3 is 2.52 bits per heavy atom. The van der Waals surface area contributed by atoms with Crippen LogP contribution in [0.25, 0.3) is 0 Å². The van der Waals surface area contributed by atoms with E-state index < -0.39 is 15.8 Å². The number of hydrogen-bond donors (Lipinski definition) is 0. The highest BCUT2D eigenvalue weighted by molar-refractivity contribution is 7.88. The lowest BCUT2D eigenvalue weighted by Crippen LogP contribution is -2.37. The van der Waals surface area contributed by atoms with E-state index in [0.717, 1.165) is 0 Å². The van der Waals surface area contributed by atoms with Crippen LogP contribution in [0.15, 0.2) is 47.1 Å². The van der Waals surface area contributed by atoms with Crippen LogP contribution in [0.2, 0.25) is 0 Å². The molecule has 2 aromatic rings. The van der Waals surface area contributed by atoms with Crippen LogP contribution in [0.3, 0.4) is 0 Å². The minimum atomic E-state index is -3.53. The molecule has 6 nitrogen and oxygen atoms in total. The first-order chi connectivity index (χ1) is 12.0. The van der Waals surface area contributed by atoms with Crippen LogP contribution in [-0.2, 0) is 15.8 Å². The smallest absolute Gasteiger partial charge is 0.289 e. The molecule has 0 aliphatic carbocycles. The summed E-state index contributed by atoms with van der Waals surface area (Å²) in [5, 5.41) is 0. The molecule has 0 N–H and O–H groups in total. The number of carbonyl (C=O) groups excluding carboxylic acids is 1. The minimum Gasteiger partial charge on any atom is -0.459 e. The van der Waals surface area contributed by atoms with Crippen LogP contribution in [0.1, 0.15) is 22.5 Å². The summed E-state index contributed by atoms with van der Waals surface area (Å²) in [7, 11) is -3.53. The molecule has 0 spiro atoms. The van der Waals surface area contributed by atoms with E-state index in [1.807, 2.05) is 0 Å². The van der Waals surface area contributed by atoms with Gasteiger partial charge in [-0.05, 0) is 36.2 Å². The third-order valence-corrected chi connectivity index (χ3v) is 5.98. The second-order valence-corrected chi connectivity index (χ2v) is 7.87. The van der Waals surface area contributed by atoms with E-state index in [2.05, 4.69) is 0 Å². The molecule has 1 aromatic carbocycles. The fourth-order valence-corrected chi connectivity index (χ4v) is 4.38. The van der Waals surface area contributed by atoms with E-state index in [9.17, 15) is 17.6 Å². The summed E-state index contributed by atoms with van der Waals surface area (Å²) in [6.45, 7) is 1.37. The van der Waals surface area contributed by atoms with Gasteiger partial charge in [-0.2, -0.15) is 4.31 Å². The molecule has 25 heavy (non-hydrogen) atoms. The molecule has 0 saturated carbocycles. The average Bonchev–Trinajstić information content (AvgIpc) is 3.00. The summed E-state index contributed by atoms with van der Waals surface area (Å²) < 4.78 is 44.7. The van der Waals surface area contributed by atoms with Gasteiger partial charge in [-0.25, -0.2) is 12.8 Å². The highest BCUT2D eigenvalue weighted by Crippen LogP contribution is 2.16. The van der Waals surface area contributed by atoms with Crippen molar-refractivity contribution in [2.24, 2.45) is 0 Å². The second-order valence-electron chi connectivity index (χ2n) is 5.90. The van der Waals surface area contributed by atoms with Crippen LogP contribution in [0.5, 0.6) is 0 Å². The summed E-state index contributed by atoms with van der Waals surface area (Å²) in [5.41, 5.74) is 0.536. The maximum absolute atomic E-state index is 13.0. The van der Waals surface area contributed by atoms with Gasteiger partial charge in [-0.15, -0.1) is 0 Å². The SMILES string of the molecule is O=C(c1ccco1)N1CCCN(S(=O)(=O)Cc2ccc(F)cc2)CC1. The van der Waals surface area contributed by atoms with Crippen molar-refractivity contribution in [3.05, 3.63) is 59.8 Å². The summed E-state index contributed by atoms with van der Waals surface area (Å²) in [4.78, 5) is 13.9. The highest BCUT2D eigenvalue weighted by atomic mass is 32.2. The van der Waals surface area contributed by atoms with Crippen LogP contribution in [0.4, 0.5) is 4.39 Å². The number of sulfonamides is 1. The van der Waals surface area contributed by atoms with E-state index in [4.69, 9.17) is 4.42 Å². The van der Waals surface area contributed by atoms with Gasteiger partial charge in [0.2, 0.25) is 10.0 Å². The molecule has 1 amide bonds. The van der Waals surface area contributed by atoms with E-state index in [1.54, 1.807) is 17.0 Å². The van der Waals surface area contributed by atoms with Gasteiger partial charge < -0.3 is 9.32 Å². The Hall–Kier alpha value is -2.19. The molecule has 1 aliphatic heterocycles. The number of furan rings is 1. The molecule has 0 unspecified atom stereocenters. The van der Waals surface area contributed by atoms with Gasteiger partial charge in [0, 0.05) is 26.2 Å². The number of hydrogen-bond acceptors (Lipinski definition) is 4. The Morgan fingerprint density at radius 2 is 1.84 bits per heavy atom. The topological polar surface area (TPSA) is 70.8 Å². The lowest BCUT2D eigenvalue weighted by molar-refractivity contribution is 0.0732. The van der Waals surface area contributed by atoms with Crippen molar-refractivity contribution in [2.45, 2.75) is 12.2 Å². The minimum absolute atomic E-state index is 0.181. The normalized spacial score (nSPS) is 16.6. The molecule has 1 aliphatic rings. The maximum atomic E-state index is 13.0. The number of halogens is 1. The van der Waals surface area contributed by atoms with E-state index >= 15 is 0 Å². The molecule has 0 radical (unpaired) electrons. The molecule has 134 valence electrons. The number of nitrogens with zero attached hydrogens (tertiary/aromatic N) is 2. The van der Waals surface area contributed by atoms with Gasteiger partial charge in [0.05, 0.1) is 12.0 Å². The number of carbonyl (C=O) groups is 1. The zero-order valence-corrected chi connectivity index (χ0v) is 14.4. The Bertz CT molecular complexity index is 819. The molecule has 0 atom stereocenters. The Labute approximate surface area is 145 Å². The zero-order chi connectivity index (χ0) is 17.9. The Kier molecular flexibility index (Phi) is 5.19. The monoisotopic (exact) mass is 366 g/mol. The summed E-state index contributed by atoms with van der Waals surface area (Å²) in [6, 6.07) is 8.67. The largest absolute Gasteiger partial charge is 0.459 e. The predicted octanol–water partition coefficient (Wildman–Crippen LogP) is 2.10. The van der Waals surface area contributed by atoms with Gasteiger partial charge in [0.1, 0.15) is 5.82 Å². The predicted molar refractivity (Wildman–Crippen MR) is 89.8 cm³/mol. The van der Waals surface area contributed by atoms with E-state index in [-0.39, 0.29) is 24.0 Å². The third kappa shape index (κ3) is 4.26. The average molecular weight is 366 g/mol. The molecular formula is C17H19FN2O4S. The molecule has 3 rings (SSSR count). The van der Waals surface area contributed by atoms with Gasteiger partial charge in [-0.3, -0.25) is 4.79 Å². The molecule has 0 bridgehead atoms. The van der Waals surface area contributed by atoms with E-state index in [0.29, 0.717) is 31.6 Å². The molecule has 2 heterocycles. The first-order valence-corrected chi connectivity index (χ1v) is 9.62. The molecule has 1 fully saturated rings. The fraction of sp³-hybridized carbons (Fsp3) is 0.353. The quantitative estimate of drug-likeness (QED) is 0.831. The van der Waals surface area contributed by atoms with Crippen molar-refractivity contribution in [3.8, 4) is 0 Å². The number of amides is 1.